The highest BCUT2D eigenvalue weighted by Crippen LogP contribution is 2.27. The van der Waals surface area contributed by atoms with Crippen LogP contribution in [-0.2, 0) is 9.53 Å². The molecule has 0 radical (unpaired) electrons. The molecule has 2 rings (SSSR count). The monoisotopic (exact) mass is 351 g/mol. The van der Waals surface area contributed by atoms with Gasteiger partial charge in [0.25, 0.3) is 5.91 Å². The van der Waals surface area contributed by atoms with E-state index < -0.39 is 24.0 Å². The summed E-state index contributed by atoms with van der Waals surface area (Å²) in [6, 6.07) is 14.9. The van der Waals surface area contributed by atoms with E-state index in [1.54, 1.807) is 48.5 Å². The molecule has 132 valence electrons. The first-order valence-corrected chi connectivity index (χ1v) is 7.80. The standard InChI is InChI=1S/C19H17N3O4/c1-12(17(23)22-19(25)21-2)26-18(24)16-10-6-5-9-15(16)14-8-4-3-7-13(14)11-20/h3-10,12H,1-2H3,(H2,21,22,23,25)/t12-/m1/s1. The van der Waals surface area contributed by atoms with E-state index in [0.717, 1.165) is 0 Å². The van der Waals surface area contributed by atoms with Crippen molar-refractivity contribution in [2.45, 2.75) is 13.0 Å². The van der Waals surface area contributed by atoms with Gasteiger partial charge in [-0.2, -0.15) is 5.26 Å². The van der Waals surface area contributed by atoms with Crippen LogP contribution in [0.5, 0.6) is 0 Å². The van der Waals surface area contributed by atoms with Crippen LogP contribution in [0.25, 0.3) is 11.1 Å². The van der Waals surface area contributed by atoms with Crippen LogP contribution in [0.15, 0.2) is 48.5 Å². The van der Waals surface area contributed by atoms with Gasteiger partial charge in [-0.3, -0.25) is 10.1 Å². The molecule has 1 atom stereocenters. The average Bonchev–Trinajstić information content (AvgIpc) is 2.67. The molecule has 7 heteroatoms. The van der Waals surface area contributed by atoms with Crippen LogP contribution in [0.3, 0.4) is 0 Å². The van der Waals surface area contributed by atoms with Crippen LogP contribution in [0.1, 0.15) is 22.8 Å². The van der Waals surface area contributed by atoms with Crippen molar-refractivity contribution in [3.8, 4) is 17.2 Å². The van der Waals surface area contributed by atoms with E-state index in [2.05, 4.69) is 11.4 Å². The molecule has 0 aliphatic carbocycles. The van der Waals surface area contributed by atoms with Crippen LogP contribution < -0.4 is 10.6 Å². The second-order valence-electron chi connectivity index (χ2n) is 5.32. The lowest BCUT2D eigenvalue weighted by atomic mass is 9.96. The van der Waals surface area contributed by atoms with Gasteiger partial charge in [-0.25, -0.2) is 9.59 Å². The maximum absolute atomic E-state index is 12.5. The minimum Gasteiger partial charge on any atom is -0.449 e. The summed E-state index contributed by atoms with van der Waals surface area (Å²) in [5.41, 5.74) is 1.74. The minimum absolute atomic E-state index is 0.217. The number of rotatable bonds is 4. The molecule has 0 aliphatic heterocycles. The number of urea groups is 1. The summed E-state index contributed by atoms with van der Waals surface area (Å²) < 4.78 is 5.17. The number of amides is 3. The Morgan fingerprint density at radius 1 is 1.04 bits per heavy atom. The zero-order valence-corrected chi connectivity index (χ0v) is 14.3. The molecule has 7 nitrogen and oxygen atoms in total. The van der Waals surface area contributed by atoms with E-state index >= 15 is 0 Å². The summed E-state index contributed by atoms with van der Waals surface area (Å²) in [7, 11) is 1.36. The van der Waals surface area contributed by atoms with E-state index in [0.29, 0.717) is 16.7 Å². The molecule has 0 unspecified atom stereocenters. The normalized spacial score (nSPS) is 11.0. The lowest BCUT2D eigenvalue weighted by Crippen LogP contribution is -2.43. The van der Waals surface area contributed by atoms with Crippen LogP contribution in [-0.4, -0.2) is 31.1 Å². The molecule has 0 saturated heterocycles. The first kappa shape index (κ1) is 18.7. The summed E-state index contributed by atoms with van der Waals surface area (Å²) in [6.45, 7) is 1.36. The number of ether oxygens (including phenoxy) is 1. The lowest BCUT2D eigenvalue weighted by molar-refractivity contribution is -0.127. The second-order valence-corrected chi connectivity index (χ2v) is 5.32. The first-order chi connectivity index (χ1) is 12.5. The molecule has 0 spiro atoms. The van der Waals surface area contributed by atoms with Crippen molar-refractivity contribution in [3.05, 3.63) is 59.7 Å². The van der Waals surface area contributed by atoms with Crippen LogP contribution in [0, 0.1) is 11.3 Å². The van der Waals surface area contributed by atoms with Crippen molar-refractivity contribution < 1.29 is 19.1 Å². The largest absolute Gasteiger partial charge is 0.449 e. The van der Waals surface area contributed by atoms with E-state index in [1.807, 2.05) is 5.32 Å². The van der Waals surface area contributed by atoms with Gasteiger partial charge in [0.1, 0.15) is 0 Å². The van der Waals surface area contributed by atoms with Gasteiger partial charge in [0.05, 0.1) is 17.2 Å². The fourth-order valence-corrected chi connectivity index (χ4v) is 2.27. The molecular weight excluding hydrogens is 334 g/mol. The Kier molecular flexibility index (Phi) is 6.06. The van der Waals surface area contributed by atoms with Crippen molar-refractivity contribution in [1.82, 2.24) is 10.6 Å². The quantitative estimate of drug-likeness (QED) is 0.821. The predicted molar refractivity (Wildman–Crippen MR) is 94.1 cm³/mol. The Bertz CT molecular complexity index is 886. The maximum Gasteiger partial charge on any atom is 0.339 e. The van der Waals surface area contributed by atoms with Crippen LogP contribution >= 0.6 is 0 Å². The van der Waals surface area contributed by atoms with Crippen molar-refractivity contribution in [2.24, 2.45) is 0 Å². The molecule has 0 fully saturated rings. The number of hydrogen-bond acceptors (Lipinski definition) is 5. The smallest absolute Gasteiger partial charge is 0.339 e. The van der Waals surface area contributed by atoms with E-state index in [4.69, 9.17) is 4.74 Å². The minimum atomic E-state index is -1.17. The zero-order chi connectivity index (χ0) is 19.1. The number of carbonyl (C=O) groups is 3. The van der Waals surface area contributed by atoms with Crippen molar-refractivity contribution >= 4 is 17.9 Å². The Morgan fingerprint density at radius 3 is 2.31 bits per heavy atom. The number of nitriles is 1. The number of nitrogens with zero attached hydrogens (tertiary/aromatic N) is 1. The maximum atomic E-state index is 12.5. The van der Waals surface area contributed by atoms with Gasteiger partial charge in [0.15, 0.2) is 6.10 Å². The van der Waals surface area contributed by atoms with Gasteiger partial charge in [-0.05, 0) is 24.6 Å². The second kappa shape index (κ2) is 8.44. The predicted octanol–water partition coefficient (Wildman–Crippen LogP) is 2.23. The van der Waals surface area contributed by atoms with Crippen LogP contribution in [0.2, 0.25) is 0 Å². The summed E-state index contributed by atoms with van der Waals surface area (Å²) >= 11 is 0. The van der Waals surface area contributed by atoms with Gasteiger partial charge in [-0.15, -0.1) is 0 Å². The first-order valence-electron chi connectivity index (χ1n) is 7.80. The molecule has 26 heavy (non-hydrogen) atoms. The van der Waals surface area contributed by atoms with E-state index in [9.17, 15) is 19.6 Å². The number of esters is 1. The van der Waals surface area contributed by atoms with E-state index in [-0.39, 0.29) is 5.56 Å². The molecule has 0 aromatic heterocycles. The molecule has 0 bridgehead atoms. The molecule has 3 amide bonds. The summed E-state index contributed by atoms with van der Waals surface area (Å²) in [5.74, 6) is -1.47. The lowest BCUT2D eigenvalue weighted by Gasteiger charge is -2.15. The van der Waals surface area contributed by atoms with Gasteiger partial charge in [0.2, 0.25) is 0 Å². The Labute approximate surface area is 150 Å². The van der Waals surface area contributed by atoms with Gasteiger partial charge in [0, 0.05) is 12.6 Å². The Morgan fingerprint density at radius 2 is 1.65 bits per heavy atom. The molecule has 0 aliphatic rings. The SMILES string of the molecule is CNC(=O)NC(=O)[C@@H](C)OC(=O)c1ccccc1-c1ccccc1C#N. The number of nitrogens with one attached hydrogen (secondary N) is 2. The third-order valence-electron chi connectivity index (χ3n) is 3.60. The number of hydrogen-bond donors (Lipinski definition) is 2. The average molecular weight is 351 g/mol. The van der Waals surface area contributed by atoms with Crippen molar-refractivity contribution in [3.63, 3.8) is 0 Å². The molecule has 2 aromatic rings. The van der Waals surface area contributed by atoms with Gasteiger partial charge >= 0.3 is 12.0 Å². The summed E-state index contributed by atoms with van der Waals surface area (Å²) in [4.78, 5) is 35.5. The van der Waals surface area contributed by atoms with Gasteiger partial charge < -0.3 is 10.1 Å². The summed E-state index contributed by atoms with van der Waals surface area (Å²) in [6.07, 6.45) is -1.17. The number of benzene rings is 2. The fourth-order valence-electron chi connectivity index (χ4n) is 2.27. The van der Waals surface area contributed by atoms with Crippen LogP contribution in [0.4, 0.5) is 4.79 Å². The Hall–Kier alpha value is -3.66. The third-order valence-corrected chi connectivity index (χ3v) is 3.60. The highest BCUT2D eigenvalue weighted by molar-refractivity contribution is 6.01. The Balaban J connectivity index is 2.27. The third kappa shape index (κ3) is 4.24. The van der Waals surface area contributed by atoms with Gasteiger partial charge in [-0.1, -0.05) is 36.4 Å². The highest BCUT2D eigenvalue weighted by Gasteiger charge is 2.22. The molecular formula is C19H17N3O4. The number of imide groups is 1. The zero-order valence-electron chi connectivity index (χ0n) is 14.3. The topological polar surface area (TPSA) is 108 Å². The van der Waals surface area contributed by atoms with Crippen molar-refractivity contribution in [1.29, 1.82) is 5.26 Å². The molecule has 2 aromatic carbocycles. The van der Waals surface area contributed by atoms with E-state index in [1.165, 1.54) is 14.0 Å². The molecule has 0 saturated carbocycles. The molecule has 2 N–H and O–H groups in total. The van der Waals surface area contributed by atoms with Crippen molar-refractivity contribution in [2.75, 3.05) is 7.05 Å². The number of carbonyl (C=O) groups excluding carboxylic acids is 3. The highest BCUT2D eigenvalue weighted by atomic mass is 16.5. The summed E-state index contributed by atoms with van der Waals surface area (Å²) in [5, 5.41) is 13.6. The molecule has 0 heterocycles. The fraction of sp³-hybridized carbons (Fsp3) is 0.158.